The second-order valence-electron chi connectivity index (χ2n) is 8.04. The highest BCUT2D eigenvalue weighted by Gasteiger charge is 2.35. The van der Waals surface area contributed by atoms with Crippen LogP contribution < -0.4 is 5.32 Å². The van der Waals surface area contributed by atoms with E-state index >= 15 is 0 Å². The first-order valence-corrected chi connectivity index (χ1v) is 9.82. The summed E-state index contributed by atoms with van der Waals surface area (Å²) in [5, 5.41) is 3.62. The molecule has 2 saturated carbocycles. The Morgan fingerprint density at radius 3 is 2.24 bits per heavy atom. The van der Waals surface area contributed by atoms with Crippen molar-refractivity contribution in [3.05, 3.63) is 0 Å². The summed E-state index contributed by atoms with van der Waals surface area (Å²) in [6.07, 6.45) is 19.1. The molecule has 2 nitrogen and oxygen atoms in total. The molecule has 0 radical (unpaired) electrons. The number of rotatable bonds is 8. The smallest absolute Gasteiger partial charge is 0.00682 e. The lowest BCUT2D eigenvalue weighted by Gasteiger charge is -2.44. The Hall–Kier alpha value is -0.0800. The Kier molecular flexibility index (Phi) is 5.99. The maximum atomic E-state index is 3.62. The van der Waals surface area contributed by atoms with Crippen LogP contribution in [-0.2, 0) is 0 Å². The number of hydrogen-bond acceptors (Lipinski definition) is 2. The van der Waals surface area contributed by atoms with Crippen LogP contribution in [0, 0.1) is 5.41 Å². The summed E-state index contributed by atoms with van der Waals surface area (Å²) in [5.41, 5.74) is 0.781. The van der Waals surface area contributed by atoms with Gasteiger partial charge in [-0.3, -0.25) is 0 Å². The minimum absolute atomic E-state index is 0.781. The third-order valence-corrected chi connectivity index (χ3v) is 6.24. The minimum Gasteiger partial charge on any atom is -0.314 e. The topological polar surface area (TPSA) is 15.3 Å². The summed E-state index contributed by atoms with van der Waals surface area (Å²) in [7, 11) is 0. The molecule has 1 spiro atoms. The average Bonchev–Trinajstić information content (AvgIpc) is 3.33. The zero-order chi connectivity index (χ0) is 14.4. The van der Waals surface area contributed by atoms with Gasteiger partial charge in [0.2, 0.25) is 0 Å². The second-order valence-corrected chi connectivity index (χ2v) is 8.04. The number of nitrogens with one attached hydrogen (secondary N) is 1. The zero-order valence-corrected chi connectivity index (χ0v) is 14.0. The Labute approximate surface area is 132 Å². The van der Waals surface area contributed by atoms with E-state index in [1.54, 1.807) is 0 Å². The largest absolute Gasteiger partial charge is 0.314 e. The zero-order valence-electron chi connectivity index (χ0n) is 14.0. The Morgan fingerprint density at radius 2 is 1.52 bits per heavy atom. The number of unbranched alkanes of at least 4 members (excludes halogenated alkanes) is 3. The van der Waals surface area contributed by atoms with E-state index in [0.717, 1.165) is 11.5 Å². The molecule has 0 aromatic carbocycles. The van der Waals surface area contributed by atoms with Crippen molar-refractivity contribution < 1.29 is 0 Å². The van der Waals surface area contributed by atoms with E-state index < -0.39 is 0 Å². The molecule has 0 aromatic heterocycles. The third kappa shape index (κ3) is 5.25. The SMILES string of the molecule is C(CCCN1CCC2(CCCCC2)CC1)CCNC1CC1. The van der Waals surface area contributed by atoms with Crippen LogP contribution in [0.3, 0.4) is 0 Å². The lowest BCUT2D eigenvalue weighted by Crippen LogP contribution is -2.41. The summed E-state index contributed by atoms with van der Waals surface area (Å²) >= 11 is 0. The van der Waals surface area contributed by atoms with Gasteiger partial charge in [0, 0.05) is 6.04 Å². The van der Waals surface area contributed by atoms with Crippen molar-refractivity contribution in [2.45, 2.75) is 89.5 Å². The fraction of sp³-hybridized carbons (Fsp3) is 1.00. The molecule has 0 bridgehead atoms. The molecule has 1 saturated heterocycles. The van der Waals surface area contributed by atoms with Crippen LogP contribution >= 0.6 is 0 Å². The summed E-state index contributed by atoms with van der Waals surface area (Å²) in [4.78, 5) is 2.75. The third-order valence-electron chi connectivity index (χ3n) is 6.24. The normalized spacial score (nSPS) is 26.3. The molecule has 3 rings (SSSR count). The van der Waals surface area contributed by atoms with Crippen molar-refractivity contribution in [1.29, 1.82) is 0 Å². The highest BCUT2D eigenvalue weighted by Crippen LogP contribution is 2.44. The van der Waals surface area contributed by atoms with Crippen molar-refractivity contribution in [2.75, 3.05) is 26.2 Å². The molecule has 3 aliphatic rings. The second kappa shape index (κ2) is 7.97. The first kappa shape index (κ1) is 15.8. The minimum atomic E-state index is 0.781. The van der Waals surface area contributed by atoms with Crippen LogP contribution in [0.2, 0.25) is 0 Å². The highest BCUT2D eigenvalue weighted by molar-refractivity contribution is 4.88. The molecule has 0 unspecified atom stereocenters. The van der Waals surface area contributed by atoms with E-state index in [1.165, 1.54) is 110 Å². The van der Waals surface area contributed by atoms with Gasteiger partial charge in [-0.05, 0) is 83.0 Å². The molecule has 1 N–H and O–H groups in total. The van der Waals surface area contributed by atoms with E-state index in [0.29, 0.717) is 0 Å². The van der Waals surface area contributed by atoms with Crippen LogP contribution in [0.15, 0.2) is 0 Å². The van der Waals surface area contributed by atoms with E-state index in [2.05, 4.69) is 10.2 Å². The summed E-state index contributed by atoms with van der Waals surface area (Å²) in [5.74, 6) is 0. The fourth-order valence-corrected chi connectivity index (χ4v) is 4.46. The van der Waals surface area contributed by atoms with E-state index in [1.807, 2.05) is 0 Å². The number of hydrogen-bond donors (Lipinski definition) is 1. The number of piperidine rings is 1. The van der Waals surface area contributed by atoms with Crippen LogP contribution in [0.1, 0.15) is 83.5 Å². The molecular weight excluding hydrogens is 256 g/mol. The van der Waals surface area contributed by atoms with E-state index in [9.17, 15) is 0 Å². The van der Waals surface area contributed by atoms with Crippen molar-refractivity contribution >= 4 is 0 Å². The first-order valence-electron chi connectivity index (χ1n) is 9.82. The van der Waals surface area contributed by atoms with Gasteiger partial charge in [0.05, 0.1) is 0 Å². The van der Waals surface area contributed by atoms with E-state index in [-0.39, 0.29) is 0 Å². The maximum Gasteiger partial charge on any atom is 0.00682 e. The van der Waals surface area contributed by atoms with Crippen LogP contribution in [0.5, 0.6) is 0 Å². The molecule has 0 aromatic rings. The summed E-state index contributed by atoms with van der Waals surface area (Å²) in [6, 6.07) is 0.894. The molecule has 1 aliphatic heterocycles. The van der Waals surface area contributed by atoms with Gasteiger partial charge in [0.25, 0.3) is 0 Å². The maximum absolute atomic E-state index is 3.62. The number of nitrogens with zero attached hydrogens (tertiary/aromatic N) is 1. The lowest BCUT2D eigenvalue weighted by atomic mass is 9.68. The predicted octanol–water partition coefficient (Wildman–Crippen LogP) is 4.35. The Bertz CT molecular complexity index is 282. The van der Waals surface area contributed by atoms with Gasteiger partial charge in [-0.25, -0.2) is 0 Å². The molecule has 2 heteroatoms. The number of likely N-dealkylation sites (tertiary alicyclic amines) is 1. The molecule has 2 aliphatic carbocycles. The Balaban J connectivity index is 1.19. The van der Waals surface area contributed by atoms with Crippen molar-refractivity contribution in [2.24, 2.45) is 5.41 Å². The Morgan fingerprint density at radius 1 is 0.810 bits per heavy atom. The van der Waals surface area contributed by atoms with Crippen molar-refractivity contribution in [3.8, 4) is 0 Å². The van der Waals surface area contributed by atoms with Crippen LogP contribution in [0.4, 0.5) is 0 Å². The predicted molar refractivity (Wildman–Crippen MR) is 90.7 cm³/mol. The van der Waals surface area contributed by atoms with Gasteiger partial charge >= 0.3 is 0 Å². The monoisotopic (exact) mass is 292 g/mol. The molecule has 1 heterocycles. The molecule has 0 atom stereocenters. The van der Waals surface area contributed by atoms with Gasteiger partial charge in [0.15, 0.2) is 0 Å². The average molecular weight is 293 g/mol. The van der Waals surface area contributed by atoms with Gasteiger partial charge in [-0.1, -0.05) is 32.1 Å². The lowest BCUT2D eigenvalue weighted by molar-refractivity contribution is 0.0670. The highest BCUT2D eigenvalue weighted by atomic mass is 15.1. The molecular formula is C19H36N2. The molecule has 0 amide bonds. The first-order chi connectivity index (χ1) is 10.4. The van der Waals surface area contributed by atoms with Crippen molar-refractivity contribution in [3.63, 3.8) is 0 Å². The van der Waals surface area contributed by atoms with Gasteiger partial charge in [0.1, 0.15) is 0 Å². The van der Waals surface area contributed by atoms with E-state index in [4.69, 9.17) is 0 Å². The molecule has 21 heavy (non-hydrogen) atoms. The van der Waals surface area contributed by atoms with Gasteiger partial charge < -0.3 is 10.2 Å². The van der Waals surface area contributed by atoms with Crippen molar-refractivity contribution in [1.82, 2.24) is 10.2 Å². The van der Waals surface area contributed by atoms with Crippen LogP contribution in [-0.4, -0.2) is 37.1 Å². The standard InChI is InChI=1S/C19H36N2/c1(6-14-20-18-8-9-18)2-7-15-21-16-12-19(13-17-21)10-4-3-5-11-19/h18,20H,1-17H2. The fourth-order valence-electron chi connectivity index (χ4n) is 4.46. The van der Waals surface area contributed by atoms with Crippen LogP contribution in [0.25, 0.3) is 0 Å². The summed E-state index contributed by atoms with van der Waals surface area (Å²) < 4.78 is 0. The summed E-state index contributed by atoms with van der Waals surface area (Å²) in [6.45, 7) is 5.41. The van der Waals surface area contributed by atoms with Gasteiger partial charge in [-0.2, -0.15) is 0 Å². The molecule has 122 valence electrons. The quantitative estimate of drug-likeness (QED) is 0.669. The molecule has 3 fully saturated rings. The van der Waals surface area contributed by atoms with Gasteiger partial charge in [-0.15, -0.1) is 0 Å².